The highest BCUT2D eigenvalue weighted by molar-refractivity contribution is 7.89. The molecule has 2 atom stereocenters. The maximum absolute atomic E-state index is 13.5. The average Bonchev–Trinajstić information content (AvgIpc) is 3.57. The lowest BCUT2D eigenvalue weighted by Gasteiger charge is -2.42. The van der Waals surface area contributed by atoms with Crippen LogP contribution in [-0.2, 0) is 25.0 Å². The molecule has 1 aliphatic carbocycles. The van der Waals surface area contributed by atoms with Crippen molar-refractivity contribution >= 4 is 15.9 Å². The summed E-state index contributed by atoms with van der Waals surface area (Å²) in [5.74, 6) is 1.06. The normalized spacial score (nSPS) is 27.0. The first-order chi connectivity index (χ1) is 13.9. The van der Waals surface area contributed by atoms with Crippen molar-refractivity contribution in [3.05, 3.63) is 29.8 Å². The molecule has 1 saturated carbocycles. The summed E-state index contributed by atoms with van der Waals surface area (Å²) in [5.41, 5.74) is 0.609. The van der Waals surface area contributed by atoms with Gasteiger partial charge in [0, 0.05) is 31.6 Å². The van der Waals surface area contributed by atoms with Crippen molar-refractivity contribution in [2.45, 2.75) is 37.6 Å². The van der Waals surface area contributed by atoms with Gasteiger partial charge in [-0.1, -0.05) is 12.1 Å². The SMILES string of the molecule is CCS(=O)(=O)N1CCOCC2CN(C(=O)C3(c4ccc(OC)cc4)CC3)CCC21. The summed E-state index contributed by atoms with van der Waals surface area (Å²) in [4.78, 5) is 15.4. The smallest absolute Gasteiger partial charge is 0.233 e. The molecule has 160 valence electrons. The molecule has 7 nitrogen and oxygen atoms in total. The van der Waals surface area contributed by atoms with Gasteiger partial charge in [0.2, 0.25) is 15.9 Å². The summed E-state index contributed by atoms with van der Waals surface area (Å²) >= 11 is 0. The summed E-state index contributed by atoms with van der Waals surface area (Å²) in [7, 11) is -1.65. The minimum Gasteiger partial charge on any atom is -0.497 e. The number of rotatable bonds is 5. The highest BCUT2D eigenvalue weighted by atomic mass is 32.2. The van der Waals surface area contributed by atoms with Gasteiger partial charge in [-0.3, -0.25) is 4.79 Å². The zero-order valence-corrected chi connectivity index (χ0v) is 18.0. The Labute approximate surface area is 173 Å². The predicted octanol–water partition coefficient (Wildman–Crippen LogP) is 1.63. The van der Waals surface area contributed by atoms with E-state index in [4.69, 9.17) is 9.47 Å². The van der Waals surface area contributed by atoms with Crippen molar-refractivity contribution in [1.82, 2.24) is 9.21 Å². The lowest BCUT2D eigenvalue weighted by molar-refractivity contribution is -0.136. The van der Waals surface area contributed by atoms with E-state index < -0.39 is 15.4 Å². The number of hydrogen-bond acceptors (Lipinski definition) is 5. The molecule has 1 aromatic rings. The highest BCUT2D eigenvalue weighted by Gasteiger charge is 2.54. The molecular weight excluding hydrogens is 392 g/mol. The van der Waals surface area contributed by atoms with Crippen molar-refractivity contribution in [1.29, 1.82) is 0 Å². The Kier molecular flexibility index (Phi) is 5.61. The first-order valence-electron chi connectivity index (χ1n) is 10.4. The molecule has 2 aliphatic heterocycles. The van der Waals surface area contributed by atoms with E-state index in [1.54, 1.807) is 18.3 Å². The Hall–Kier alpha value is -1.64. The van der Waals surface area contributed by atoms with Crippen LogP contribution in [0, 0.1) is 5.92 Å². The van der Waals surface area contributed by atoms with E-state index in [1.165, 1.54) is 0 Å². The van der Waals surface area contributed by atoms with Crippen LogP contribution in [0.4, 0.5) is 0 Å². The van der Waals surface area contributed by atoms with E-state index in [9.17, 15) is 13.2 Å². The Morgan fingerprint density at radius 2 is 1.97 bits per heavy atom. The van der Waals surface area contributed by atoms with Gasteiger partial charge < -0.3 is 14.4 Å². The quantitative estimate of drug-likeness (QED) is 0.721. The number of hydrogen-bond donors (Lipinski definition) is 0. The molecule has 2 heterocycles. The van der Waals surface area contributed by atoms with Gasteiger partial charge in [0.15, 0.2) is 0 Å². The fourth-order valence-corrected chi connectivity index (χ4v) is 6.15. The lowest BCUT2D eigenvalue weighted by Crippen LogP contribution is -2.56. The average molecular weight is 423 g/mol. The van der Waals surface area contributed by atoms with E-state index in [0.717, 1.165) is 24.2 Å². The number of piperidine rings is 1. The first-order valence-corrected chi connectivity index (χ1v) is 12.0. The molecule has 29 heavy (non-hydrogen) atoms. The largest absolute Gasteiger partial charge is 0.497 e. The number of amides is 1. The van der Waals surface area contributed by atoms with Crippen LogP contribution in [0.15, 0.2) is 24.3 Å². The summed E-state index contributed by atoms with van der Waals surface area (Å²) in [6.07, 6.45) is 2.38. The Morgan fingerprint density at radius 1 is 1.24 bits per heavy atom. The number of likely N-dealkylation sites (tertiary alicyclic amines) is 1. The third-order valence-corrected chi connectivity index (χ3v) is 8.56. The van der Waals surface area contributed by atoms with Crippen LogP contribution in [-0.4, -0.2) is 75.3 Å². The van der Waals surface area contributed by atoms with Crippen molar-refractivity contribution in [3.8, 4) is 5.75 Å². The zero-order chi connectivity index (χ0) is 20.6. The molecule has 0 spiro atoms. The van der Waals surface area contributed by atoms with Gasteiger partial charge in [0.05, 0.1) is 31.5 Å². The third-order valence-electron chi connectivity index (χ3n) is 6.66. The molecule has 2 unspecified atom stereocenters. The number of sulfonamides is 1. The second-order valence-electron chi connectivity index (χ2n) is 8.26. The Bertz CT molecular complexity index is 850. The van der Waals surface area contributed by atoms with Crippen LogP contribution in [0.3, 0.4) is 0 Å². The van der Waals surface area contributed by atoms with Crippen molar-refractivity contribution < 1.29 is 22.7 Å². The predicted molar refractivity (Wildman–Crippen MR) is 109 cm³/mol. The van der Waals surface area contributed by atoms with Crippen LogP contribution in [0.5, 0.6) is 5.75 Å². The van der Waals surface area contributed by atoms with E-state index in [0.29, 0.717) is 39.3 Å². The highest BCUT2D eigenvalue weighted by Crippen LogP contribution is 2.50. The molecule has 1 amide bonds. The molecule has 0 aromatic heterocycles. The number of carbonyl (C=O) groups excluding carboxylic acids is 1. The topological polar surface area (TPSA) is 76.2 Å². The van der Waals surface area contributed by atoms with Crippen molar-refractivity contribution in [2.24, 2.45) is 5.92 Å². The van der Waals surface area contributed by atoms with E-state index in [2.05, 4.69) is 0 Å². The minimum atomic E-state index is -3.28. The number of benzene rings is 1. The zero-order valence-electron chi connectivity index (χ0n) is 17.2. The number of fused-ring (bicyclic) bond motifs is 1. The summed E-state index contributed by atoms with van der Waals surface area (Å²) < 4.78 is 37.7. The summed E-state index contributed by atoms with van der Waals surface area (Å²) in [6, 6.07) is 7.70. The van der Waals surface area contributed by atoms with Crippen LogP contribution in [0.25, 0.3) is 0 Å². The molecule has 8 heteroatoms. The van der Waals surface area contributed by atoms with Crippen LogP contribution >= 0.6 is 0 Å². The molecule has 3 aliphatic rings. The number of ether oxygens (including phenoxy) is 2. The van der Waals surface area contributed by atoms with Gasteiger partial charge in [-0.15, -0.1) is 0 Å². The minimum absolute atomic E-state index is 0.0168. The summed E-state index contributed by atoms with van der Waals surface area (Å²) in [5, 5.41) is 0. The standard InChI is InChI=1S/C21H30N2O5S/c1-3-29(25,26)23-12-13-28-15-16-14-22(11-8-19(16)23)20(24)21(9-10-21)17-4-6-18(27-2)7-5-17/h4-7,16,19H,3,8-15H2,1-2H3. The number of carbonyl (C=O) groups is 1. The Morgan fingerprint density at radius 3 is 2.59 bits per heavy atom. The van der Waals surface area contributed by atoms with Gasteiger partial charge in [0.1, 0.15) is 5.75 Å². The van der Waals surface area contributed by atoms with Gasteiger partial charge in [0.25, 0.3) is 0 Å². The van der Waals surface area contributed by atoms with E-state index >= 15 is 0 Å². The van der Waals surface area contributed by atoms with Gasteiger partial charge >= 0.3 is 0 Å². The fourth-order valence-electron chi connectivity index (χ4n) is 4.78. The second kappa shape index (κ2) is 7.89. The summed E-state index contributed by atoms with van der Waals surface area (Å²) in [6.45, 7) is 4.14. The van der Waals surface area contributed by atoms with Crippen molar-refractivity contribution in [3.63, 3.8) is 0 Å². The van der Waals surface area contributed by atoms with Gasteiger partial charge in [-0.05, 0) is 43.9 Å². The monoisotopic (exact) mass is 422 g/mol. The maximum atomic E-state index is 13.5. The second-order valence-corrected chi connectivity index (χ2v) is 10.5. The lowest BCUT2D eigenvalue weighted by atomic mass is 9.89. The Balaban J connectivity index is 1.51. The van der Waals surface area contributed by atoms with Crippen LogP contribution < -0.4 is 4.74 Å². The molecule has 0 bridgehead atoms. The maximum Gasteiger partial charge on any atom is 0.233 e. The van der Waals surface area contributed by atoms with Crippen LogP contribution in [0.2, 0.25) is 0 Å². The molecule has 4 rings (SSSR count). The first kappa shape index (κ1) is 20.6. The van der Waals surface area contributed by atoms with Crippen molar-refractivity contribution in [2.75, 3.05) is 45.7 Å². The third kappa shape index (κ3) is 3.78. The molecule has 0 radical (unpaired) electrons. The van der Waals surface area contributed by atoms with Crippen LogP contribution in [0.1, 0.15) is 31.7 Å². The molecule has 0 N–H and O–H groups in total. The van der Waals surface area contributed by atoms with Gasteiger partial charge in [-0.2, -0.15) is 4.31 Å². The number of nitrogens with zero attached hydrogens (tertiary/aromatic N) is 2. The molecule has 2 saturated heterocycles. The van der Waals surface area contributed by atoms with Gasteiger partial charge in [-0.25, -0.2) is 8.42 Å². The molecule has 3 fully saturated rings. The van der Waals surface area contributed by atoms with E-state index in [-0.39, 0.29) is 23.6 Å². The van der Waals surface area contributed by atoms with E-state index in [1.807, 2.05) is 29.2 Å². The molecule has 1 aromatic carbocycles. The molecular formula is C21H30N2O5S. The number of methoxy groups -OCH3 is 1. The fraction of sp³-hybridized carbons (Fsp3) is 0.667.